The summed E-state index contributed by atoms with van der Waals surface area (Å²) >= 11 is 6.25. The maximum Gasteiger partial charge on any atom is 0.168 e. The van der Waals surface area contributed by atoms with Gasteiger partial charge in [-0.2, -0.15) is 0 Å². The second-order valence-electron chi connectivity index (χ2n) is 8.37. The summed E-state index contributed by atoms with van der Waals surface area (Å²) in [6, 6.07) is 10.1. The number of nitrogens with zero attached hydrogens (tertiary/aromatic N) is 6. The Morgan fingerprint density at radius 3 is 2.63 bits per heavy atom. The van der Waals surface area contributed by atoms with Crippen molar-refractivity contribution in [1.29, 1.82) is 0 Å². The highest BCUT2D eigenvalue weighted by Gasteiger charge is 2.30. The van der Waals surface area contributed by atoms with Gasteiger partial charge >= 0.3 is 0 Å². The first-order chi connectivity index (χ1) is 14.5. The molecule has 2 aromatic heterocycles. The summed E-state index contributed by atoms with van der Waals surface area (Å²) in [5, 5.41) is 13.4. The molecule has 0 amide bonds. The predicted octanol–water partition coefficient (Wildman–Crippen LogP) is 4.19. The van der Waals surface area contributed by atoms with Crippen molar-refractivity contribution < 1.29 is 4.42 Å². The third kappa shape index (κ3) is 4.68. The molecular weight excluding hydrogens is 400 g/mol. The van der Waals surface area contributed by atoms with E-state index in [4.69, 9.17) is 16.0 Å². The van der Waals surface area contributed by atoms with Crippen molar-refractivity contribution in [2.24, 2.45) is 5.92 Å². The number of aryl methyl sites for hydroxylation is 1. The molecule has 0 unspecified atom stereocenters. The van der Waals surface area contributed by atoms with Gasteiger partial charge in [-0.15, -0.1) is 5.10 Å². The molecule has 1 aliphatic rings. The van der Waals surface area contributed by atoms with Gasteiger partial charge in [-0.3, -0.25) is 4.90 Å². The molecule has 3 heterocycles. The quantitative estimate of drug-likeness (QED) is 0.562. The normalized spacial score (nSPS) is 16.4. The summed E-state index contributed by atoms with van der Waals surface area (Å²) in [4.78, 5) is 4.94. The van der Waals surface area contributed by atoms with Crippen molar-refractivity contribution in [1.82, 2.24) is 25.1 Å². The third-order valence-corrected chi connectivity index (χ3v) is 5.94. The fourth-order valence-corrected chi connectivity index (χ4v) is 4.34. The number of anilines is 1. The van der Waals surface area contributed by atoms with E-state index in [-0.39, 0.29) is 6.04 Å². The molecule has 7 nitrogen and oxygen atoms in total. The van der Waals surface area contributed by atoms with Gasteiger partial charge in [-0.05, 0) is 59.5 Å². The van der Waals surface area contributed by atoms with Crippen LogP contribution in [0.4, 0.5) is 5.69 Å². The van der Waals surface area contributed by atoms with Crippen molar-refractivity contribution in [2.45, 2.75) is 39.8 Å². The summed E-state index contributed by atoms with van der Waals surface area (Å²) in [5.41, 5.74) is 2.49. The second-order valence-corrected chi connectivity index (χ2v) is 8.81. The highest BCUT2D eigenvalue weighted by molar-refractivity contribution is 6.30. The molecule has 0 radical (unpaired) electrons. The van der Waals surface area contributed by atoms with Crippen molar-refractivity contribution >= 4 is 17.3 Å². The number of hydrogen-bond donors (Lipinski definition) is 0. The van der Waals surface area contributed by atoms with Crippen LogP contribution in [0.5, 0.6) is 0 Å². The number of piperazine rings is 1. The number of benzene rings is 1. The lowest BCUT2D eigenvalue weighted by Gasteiger charge is -2.40. The number of halogens is 1. The Kier molecular flexibility index (Phi) is 6.39. The number of furan rings is 1. The van der Waals surface area contributed by atoms with Crippen LogP contribution in [0.3, 0.4) is 0 Å². The smallest absolute Gasteiger partial charge is 0.168 e. The molecule has 1 saturated heterocycles. The fraction of sp³-hybridized carbons (Fsp3) is 0.500. The van der Waals surface area contributed by atoms with E-state index < -0.39 is 0 Å². The maximum atomic E-state index is 6.25. The molecule has 1 aromatic carbocycles. The first-order valence-corrected chi connectivity index (χ1v) is 10.9. The first kappa shape index (κ1) is 20.9. The summed E-state index contributed by atoms with van der Waals surface area (Å²) in [6.07, 6.45) is 2.69. The molecule has 1 aliphatic heterocycles. The van der Waals surface area contributed by atoms with E-state index in [1.165, 1.54) is 11.3 Å². The molecular formula is C22H29ClN6O. The van der Waals surface area contributed by atoms with Gasteiger partial charge in [0.2, 0.25) is 0 Å². The van der Waals surface area contributed by atoms with E-state index in [0.717, 1.165) is 49.2 Å². The number of rotatable bonds is 7. The Balaban J connectivity index is 1.51. The van der Waals surface area contributed by atoms with Crippen molar-refractivity contribution in [3.05, 3.63) is 58.8 Å². The van der Waals surface area contributed by atoms with E-state index in [1.54, 1.807) is 6.26 Å². The van der Waals surface area contributed by atoms with Gasteiger partial charge in [0.15, 0.2) is 5.82 Å². The average Bonchev–Trinajstić information content (AvgIpc) is 3.41. The number of aromatic nitrogens is 4. The van der Waals surface area contributed by atoms with Crippen LogP contribution in [0, 0.1) is 12.8 Å². The monoisotopic (exact) mass is 428 g/mol. The molecule has 0 saturated carbocycles. The molecule has 0 aliphatic carbocycles. The highest BCUT2D eigenvalue weighted by atomic mass is 35.5. The maximum absolute atomic E-state index is 6.25. The lowest BCUT2D eigenvalue weighted by Crippen LogP contribution is -2.48. The average molecular weight is 429 g/mol. The van der Waals surface area contributed by atoms with E-state index >= 15 is 0 Å². The standard InChI is InChI=1S/C22H29ClN6O/c1-16(2)13-21(22-24-25-26-29(22)15-19-5-4-12-30-19)28-10-8-27(9-11-28)20-14-18(23)7-6-17(20)3/h4-7,12,14,16,21H,8-11,13,15H2,1-3H3/t21-/m1/s1. The summed E-state index contributed by atoms with van der Waals surface area (Å²) < 4.78 is 7.38. The minimum Gasteiger partial charge on any atom is -0.467 e. The Hall–Kier alpha value is -2.38. The van der Waals surface area contributed by atoms with Crippen molar-refractivity contribution in [2.75, 3.05) is 31.1 Å². The van der Waals surface area contributed by atoms with Crippen LogP contribution < -0.4 is 4.90 Å². The lowest BCUT2D eigenvalue weighted by atomic mass is 10.0. The topological polar surface area (TPSA) is 63.2 Å². The first-order valence-electron chi connectivity index (χ1n) is 10.5. The molecule has 0 spiro atoms. The third-order valence-electron chi connectivity index (χ3n) is 5.70. The molecule has 0 N–H and O–H groups in total. The fourth-order valence-electron chi connectivity index (χ4n) is 4.18. The summed E-state index contributed by atoms with van der Waals surface area (Å²) in [5.74, 6) is 2.30. The van der Waals surface area contributed by atoms with Crippen LogP contribution in [0.1, 0.15) is 43.5 Å². The van der Waals surface area contributed by atoms with Crippen LogP contribution in [0.2, 0.25) is 5.02 Å². The highest BCUT2D eigenvalue weighted by Crippen LogP contribution is 2.30. The molecule has 8 heteroatoms. The van der Waals surface area contributed by atoms with E-state index in [9.17, 15) is 0 Å². The Morgan fingerprint density at radius 1 is 1.13 bits per heavy atom. The summed E-state index contributed by atoms with van der Waals surface area (Å²) in [7, 11) is 0. The molecule has 160 valence electrons. The van der Waals surface area contributed by atoms with Gasteiger partial charge in [-0.25, -0.2) is 4.68 Å². The zero-order valence-corrected chi connectivity index (χ0v) is 18.6. The van der Waals surface area contributed by atoms with Gasteiger partial charge in [-0.1, -0.05) is 31.5 Å². The zero-order valence-electron chi connectivity index (χ0n) is 17.8. The van der Waals surface area contributed by atoms with Crippen LogP contribution >= 0.6 is 11.6 Å². The predicted molar refractivity (Wildman–Crippen MR) is 118 cm³/mol. The molecule has 30 heavy (non-hydrogen) atoms. The Bertz CT molecular complexity index is 946. The molecule has 1 atom stereocenters. The minimum absolute atomic E-state index is 0.178. The number of tetrazole rings is 1. The molecule has 3 aromatic rings. The molecule has 1 fully saturated rings. The van der Waals surface area contributed by atoms with Crippen LogP contribution in [-0.4, -0.2) is 51.3 Å². The van der Waals surface area contributed by atoms with Gasteiger partial charge in [0.25, 0.3) is 0 Å². The van der Waals surface area contributed by atoms with Crippen LogP contribution in [0.15, 0.2) is 41.0 Å². The van der Waals surface area contributed by atoms with E-state index in [0.29, 0.717) is 12.5 Å². The van der Waals surface area contributed by atoms with Crippen molar-refractivity contribution in [3.63, 3.8) is 0 Å². The van der Waals surface area contributed by atoms with Crippen LogP contribution in [0.25, 0.3) is 0 Å². The van der Waals surface area contributed by atoms with Gasteiger partial charge in [0, 0.05) is 36.9 Å². The minimum atomic E-state index is 0.178. The largest absolute Gasteiger partial charge is 0.467 e. The zero-order chi connectivity index (χ0) is 21.1. The lowest BCUT2D eigenvalue weighted by molar-refractivity contribution is 0.153. The SMILES string of the molecule is Cc1ccc(Cl)cc1N1CCN([C@H](CC(C)C)c2nnnn2Cc2ccco2)CC1. The molecule has 4 rings (SSSR count). The van der Waals surface area contributed by atoms with Gasteiger partial charge in [0.1, 0.15) is 12.3 Å². The summed E-state index contributed by atoms with van der Waals surface area (Å²) in [6.45, 7) is 11.0. The van der Waals surface area contributed by atoms with Crippen LogP contribution in [-0.2, 0) is 6.54 Å². The Morgan fingerprint density at radius 2 is 1.93 bits per heavy atom. The number of hydrogen-bond acceptors (Lipinski definition) is 6. The van der Waals surface area contributed by atoms with E-state index in [1.807, 2.05) is 22.9 Å². The van der Waals surface area contributed by atoms with Gasteiger partial charge < -0.3 is 9.32 Å². The van der Waals surface area contributed by atoms with Crippen molar-refractivity contribution in [3.8, 4) is 0 Å². The second kappa shape index (κ2) is 9.18. The molecule has 0 bridgehead atoms. The van der Waals surface area contributed by atoms with Gasteiger partial charge in [0.05, 0.1) is 12.3 Å². The Labute approximate surface area is 182 Å². The van der Waals surface area contributed by atoms with E-state index in [2.05, 4.69) is 58.2 Å².